The first kappa shape index (κ1) is 20.2. The smallest absolute Gasteiger partial charge is 0.308 e. The van der Waals surface area contributed by atoms with Crippen molar-refractivity contribution in [1.82, 2.24) is 0 Å². The van der Waals surface area contributed by atoms with Crippen molar-refractivity contribution in [1.29, 1.82) is 0 Å². The van der Waals surface area contributed by atoms with E-state index in [1.807, 2.05) is 0 Å². The van der Waals surface area contributed by atoms with Gasteiger partial charge in [-0.25, -0.2) is 0 Å². The van der Waals surface area contributed by atoms with Crippen LogP contribution in [0.2, 0.25) is 0 Å². The zero-order valence-electron chi connectivity index (χ0n) is 17.7. The monoisotopic (exact) mass is 408 g/mol. The van der Waals surface area contributed by atoms with Crippen LogP contribution in [0.5, 0.6) is 0 Å². The molecule has 5 aliphatic rings. The van der Waals surface area contributed by atoms with E-state index in [0.29, 0.717) is 32.1 Å². The lowest BCUT2D eigenvalue weighted by Crippen LogP contribution is -2.68. The molecule has 5 fully saturated rings. The molecule has 0 aromatic rings. The molecular formula is C23H36O6. The number of aliphatic hydroxyl groups excluding tert-OH is 1. The highest BCUT2D eigenvalue weighted by Gasteiger charge is 2.72. The Morgan fingerprint density at radius 2 is 1.59 bits per heavy atom. The fourth-order valence-electron chi connectivity index (χ4n) is 8.84. The van der Waals surface area contributed by atoms with Crippen LogP contribution in [0, 0.1) is 28.6 Å². The zero-order valence-corrected chi connectivity index (χ0v) is 17.7. The summed E-state index contributed by atoms with van der Waals surface area (Å²) in [5.74, 6) is -0.222. The van der Waals surface area contributed by atoms with Gasteiger partial charge >= 0.3 is 5.97 Å². The topological polar surface area (TPSA) is 107 Å². The predicted octanol–water partition coefficient (Wildman–Crippen LogP) is 1.91. The van der Waals surface area contributed by atoms with Crippen molar-refractivity contribution in [3.05, 3.63) is 0 Å². The van der Waals surface area contributed by atoms with Crippen LogP contribution >= 0.6 is 0 Å². The first-order valence-corrected chi connectivity index (χ1v) is 11.5. The minimum absolute atomic E-state index is 0.0206. The van der Waals surface area contributed by atoms with Crippen LogP contribution in [0.15, 0.2) is 0 Å². The number of carbonyl (C=O) groups is 1. The van der Waals surface area contributed by atoms with E-state index < -0.39 is 28.3 Å². The molecule has 6 heteroatoms. The fourth-order valence-corrected chi connectivity index (χ4v) is 8.84. The van der Waals surface area contributed by atoms with Gasteiger partial charge in [0, 0.05) is 11.8 Å². The van der Waals surface area contributed by atoms with E-state index in [2.05, 4.69) is 13.8 Å². The van der Waals surface area contributed by atoms with Crippen molar-refractivity contribution in [2.24, 2.45) is 28.6 Å². The predicted molar refractivity (Wildman–Crippen MR) is 105 cm³/mol. The van der Waals surface area contributed by atoms with Gasteiger partial charge in [0.15, 0.2) is 0 Å². The van der Waals surface area contributed by atoms with Crippen LogP contribution in [-0.4, -0.2) is 55.9 Å². The molecule has 0 bridgehead atoms. The van der Waals surface area contributed by atoms with Crippen LogP contribution in [0.25, 0.3) is 0 Å². The number of aliphatic hydroxyl groups is 4. The third kappa shape index (κ3) is 2.40. The summed E-state index contributed by atoms with van der Waals surface area (Å²) < 4.78 is 5.13. The molecule has 0 unspecified atom stereocenters. The Morgan fingerprint density at radius 1 is 0.897 bits per heavy atom. The lowest BCUT2D eigenvalue weighted by atomic mass is 9.41. The van der Waals surface area contributed by atoms with Gasteiger partial charge < -0.3 is 25.2 Å². The molecule has 1 heterocycles. The van der Waals surface area contributed by atoms with Crippen LogP contribution in [0.1, 0.15) is 78.1 Å². The lowest BCUT2D eigenvalue weighted by Gasteiger charge is -2.66. The Balaban J connectivity index is 1.49. The highest BCUT2D eigenvalue weighted by atomic mass is 16.6. The molecule has 5 rings (SSSR count). The van der Waals surface area contributed by atoms with E-state index in [0.717, 1.165) is 25.7 Å². The summed E-state index contributed by atoms with van der Waals surface area (Å²) in [5.41, 5.74) is -3.71. The van der Waals surface area contributed by atoms with Gasteiger partial charge in [0.05, 0.1) is 23.7 Å². The van der Waals surface area contributed by atoms with Crippen LogP contribution in [-0.2, 0) is 9.53 Å². The number of carbonyl (C=O) groups excluding carboxylic acids is 1. The molecule has 0 aromatic heterocycles. The van der Waals surface area contributed by atoms with E-state index in [1.54, 1.807) is 0 Å². The second-order valence-electron chi connectivity index (χ2n) is 11.5. The third-order valence-electron chi connectivity index (χ3n) is 10.5. The van der Waals surface area contributed by atoms with E-state index in [-0.39, 0.29) is 42.2 Å². The summed E-state index contributed by atoms with van der Waals surface area (Å²) in [6.45, 7) is 4.31. The minimum atomic E-state index is -1.18. The second kappa shape index (κ2) is 5.96. The van der Waals surface area contributed by atoms with E-state index in [1.165, 1.54) is 0 Å². The summed E-state index contributed by atoms with van der Waals surface area (Å²) >= 11 is 0. The summed E-state index contributed by atoms with van der Waals surface area (Å²) in [7, 11) is 0. The maximum atomic E-state index is 12.1. The van der Waals surface area contributed by atoms with Gasteiger partial charge in [-0.3, -0.25) is 4.79 Å². The molecular weight excluding hydrogens is 372 g/mol. The van der Waals surface area contributed by atoms with Crippen molar-refractivity contribution >= 4 is 5.97 Å². The summed E-state index contributed by atoms with van der Waals surface area (Å²) in [4.78, 5) is 11.8. The molecule has 4 N–H and O–H groups in total. The molecule has 0 aromatic carbocycles. The molecule has 29 heavy (non-hydrogen) atoms. The first-order chi connectivity index (χ1) is 13.5. The summed E-state index contributed by atoms with van der Waals surface area (Å²) in [5, 5.41) is 45.1. The van der Waals surface area contributed by atoms with Crippen LogP contribution in [0.3, 0.4) is 0 Å². The number of esters is 1. The molecule has 9 atom stereocenters. The number of hydrogen-bond donors (Lipinski definition) is 4. The van der Waals surface area contributed by atoms with Crippen molar-refractivity contribution in [3.63, 3.8) is 0 Å². The Labute approximate surface area is 172 Å². The summed E-state index contributed by atoms with van der Waals surface area (Å²) in [6, 6.07) is 0. The number of ether oxygens (including phenoxy) is 1. The van der Waals surface area contributed by atoms with Gasteiger partial charge in [-0.1, -0.05) is 13.8 Å². The highest BCUT2D eigenvalue weighted by Crippen LogP contribution is 2.71. The maximum Gasteiger partial charge on any atom is 0.308 e. The van der Waals surface area contributed by atoms with Crippen molar-refractivity contribution < 1.29 is 30.0 Å². The minimum Gasteiger partial charge on any atom is -0.462 e. The van der Waals surface area contributed by atoms with E-state index >= 15 is 0 Å². The molecule has 1 aliphatic heterocycles. The fraction of sp³-hybridized carbons (Fsp3) is 0.957. The number of rotatable bonds is 1. The van der Waals surface area contributed by atoms with Gasteiger partial charge in [-0.2, -0.15) is 0 Å². The molecule has 0 radical (unpaired) electrons. The number of fused-ring (bicyclic) bond motifs is 5. The Bertz CT molecular complexity index is 726. The standard InChI is InChI=1S/C23H36O6/c1-19-7-3-14(24)11-22(19,27)9-5-16-15(19)4-8-20(2)17(6-10-23(16,20)28)21(26)12-18(25)29-13-21/h14-17,24,26-28H,3-13H2,1-2H3/t14-,15-,16+,17-,19+,20+,21+,22-,23-/m0/s1. The Kier molecular flexibility index (Phi) is 4.16. The lowest BCUT2D eigenvalue weighted by molar-refractivity contribution is -0.261. The average molecular weight is 409 g/mol. The van der Waals surface area contributed by atoms with Crippen LogP contribution < -0.4 is 0 Å². The molecule has 1 saturated heterocycles. The largest absolute Gasteiger partial charge is 0.462 e. The molecule has 0 spiro atoms. The van der Waals surface area contributed by atoms with Gasteiger partial charge in [-0.05, 0) is 74.5 Å². The van der Waals surface area contributed by atoms with E-state index in [4.69, 9.17) is 4.74 Å². The van der Waals surface area contributed by atoms with Crippen molar-refractivity contribution in [2.75, 3.05) is 6.61 Å². The molecule has 4 saturated carbocycles. The van der Waals surface area contributed by atoms with Gasteiger partial charge in [0.25, 0.3) is 0 Å². The molecule has 0 amide bonds. The maximum absolute atomic E-state index is 12.1. The Hall–Kier alpha value is -0.690. The number of cyclic esters (lactones) is 1. The SMILES string of the molecule is C[C@]12CC[C@H](O)C[C@@]1(O)CC[C@@H]1[C@@H]2CC[C@]2(C)[C@@H]([C@]3(O)COC(=O)C3)CC[C@]12O. The molecule has 6 nitrogen and oxygen atoms in total. The number of hydrogen-bond acceptors (Lipinski definition) is 6. The van der Waals surface area contributed by atoms with Gasteiger partial charge in [0.1, 0.15) is 12.2 Å². The first-order valence-electron chi connectivity index (χ1n) is 11.5. The second-order valence-corrected chi connectivity index (χ2v) is 11.5. The highest BCUT2D eigenvalue weighted by molar-refractivity contribution is 5.73. The molecule has 4 aliphatic carbocycles. The van der Waals surface area contributed by atoms with Crippen molar-refractivity contribution in [2.45, 2.75) is 101 Å². The van der Waals surface area contributed by atoms with E-state index in [9.17, 15) is 25.2 Å². The summed E-state index contributed by atoms with van der Waals surface area (Å²) in [6.07, 6.45) is 5.87. The van der Waals surface area contributed by atoms with Crippen molar-refractivity contribution in [3.8, 4) is 0 Å². The van der Waals surface area contributed by atoms with Gasteiger partial charge in [0.2, 0.25) is 0 Å². The van der Waals surface area contributed by atoms with Gasteiger partial charge in [-0.15, -0.1) is 0 Å². The average Bonchev–Trinajstić information content (AvgIpc) is 3.13. The van der Waals surface area contributed by atoms with Crippen LogP contribution in [0.4, 0.5) is 0 Å². The third-order valence-corrected chi connectivity index (χ3v) is 10.5. The quantitative estimate of drug-likeness (QED) is 0.494. The zero-order chi connectivity index (χ0) is 20.9. The molecule has 164 valence electrons. The normalized spacial score (nSPS) is 59.6. The Morgan fingerprint density at radius 3 is 2.28 bits per heavy atom.